The lowest BCUT2D eigenvalue weighted by atomic mass is 10.1. The van der Waals surface area contributed by atoms with Gasteiger partial charge in [0.25, 0.3) is 5.69 Å². The minimum atomic E-state index is -4.95. The predicted octanol–water partition coefficient (Wildman–Crippen LogP) is 3.07. The molecule has 0 saturated carbocycles. The fourth-order valence-electron chi connectivity index (χ4n) is 1.17. The molecule has 0 aliphatic heterocycles. The van der Waals surface area contributed by atoms with Crippen molar-refractivity contribution in [3.63, 3.8) is 0 Å². The zero-order chi connectivity index (χ0) is 13.9. The third-order valence-corrected chi connectivity index (χ3v) is 2.33. The Morgan fingerprint density at radius 2 is 2.06 bits per heavy atom. The van der Waals surface area contributed by atoms with Gasteiger partial charge in [0.05, 0.1) is 21.9 Å². The summed E-state index contributed by atoms with van der Waals surface area (Å²) in [5, 5.41) is 10.5. The van der Waals surface area contributed by atoms with Crippen LogP contribution in [-0.2, 0) is 0 Å². The first kappa shape index (κ1) is 14.4. The zero-order valence-corrected chi connectivity index (χ0v) is 10.1. The maximum absolute atomic E-state index is 11.9. The van der Waals surface area contributed by atoms with Gasteiger partial charge in [-0.25, -0.2) is 0 Å². The molecule has 1 aromatic carbocycles. The first-order valence-electron chi connectivity index (χ1n) is 4.38. The van der Waals surface area contributed by atoms with E-state index >= 15 is 0 Å². The van der Waals surface area contributed by atoms with Crippen LogP contribution in [0.25, 0.3) is 0 Å². The standard InChI is InChI=1S/C9H5BrF3NO4/c10-4-8(15)6-2-1-5(18-9(11,12)13)3-7(6)14(16)17/h1-3H,4H2. The van der Waals surface area contributed by atoms with Gasteiger partial charge in [-0.05, 0) is 12.1 Å². The second-order valence-electron chi connectivity index (χ2n) is 3.04. The second-order valence-corrected chi connectivity index (χ2v) is 3.60. The smallest absolute Gasteiger partial charge is 0.406 e. The Morgan fingerprint density at radius 1 is 1.44 bits per heavy atom. The summed E-state index contributed by atoms with van der Waals surface area (Å²) in [5.74, 6) is -1.36. The van der Waals surface area contributed by atoms with E-state index in [0.29, 0.717) is 6.07 Å². The van der Waals surface area contributed by atoms with Crippen LogP contribution in [0.2, 0.25) is 0 Å². The quantitative estimate of drug-likeness (QED) is 0.369. The topological polar surface area (TPSA) is 69.4 Å². The molecule has 0 atom stereocenters. The molecule has 9 heteroatoms. The molecule has 0 unspecified atom stereocenters. The van der Waals surface area contributed by atoms with E-state index < -0.39 is 28.5 Å². The molecule has 18 heavy (non-hydrogen) atoms. The van der Waals surface area contributed by atoms with Gasteiger partial charge < -0.3 is 4.74 Å². The van der Waals surface area contributed by atoms with Crippen molar-refractivity contribution >= 4 is 27.4 Å². The van der Waals surface area contributed by atoms with Crippen molar-refractivity contribution in [2.75, 3.05) is 5.33 Å². The molecule has 1 aromatic rings. The maximum atomic E-state index is 11.9. The van der Waals surface area contributed by atoms with E-state index in [1.807, 2.05) is 0 Å². The molecular formula is C9H5BrF3NO4. The number of nitro groups is 1. The van der Waals surface area contributed by atoms with Gasteiger partial charge in [0.15, 0.2) is 5.78 Å². The van der Waals surface area contributed by atoms with Crippen molar-refractivity contribution in [2.24, 2.45) is 0 Å². The summed E-state index contributed by atoms with van der Waals surface area (Å²) >= 11 is 2.82. The first-order valence-corrected chi connectivity index (χ1v) is 5.50. The van der Waals surface area contributed by atoms with E-state index in [9.17, 15) is 28.1 Å². The normalized spacial score (nSPS) is 11.1. The molecule has 0 radical (unpaired) electrons. The molecule has 5 nitrogen and oxygen atoms in total. The van der Waals surface area contributed by atoms with Gasteiger partial charge in [0, 0.05) is 0 Å². The van der Waals surface area contributed by atoms with Crippen molar-refractivity contribution in [1.29, 1.82) is 0 Å². The van der Waals surface area contributed by atoms with Crippen LogP contribution in [0.4, 0.5) is 18.9 Å². The Hall–Kier alpha value is -1.64. The molecule has 0 amide bonds. The number of alkyl halides is 4. The number of Topliss-reactive ketones (excluding diaryl/α,β-unsaturated/α-hetero) is 1. The summed E-state index contributed by atoms with van der Waals surface area (Å²) in [6.07, 6.45) is -4.95. The number of rotatable bonds is 4. The summed E-state index contributed by atoms with van der Waals surface area (Å²) in [5.41, 5.74) is -1.02. The number of hydrogen-bond acceptors (Lipinski definition) is 4. The van der Waals surface area contributed by atoms with E-state index in [0.717, 1.165) is 12.1 Å². The average molecular weight is 328 g/mol. The fraction of sp³-hybridized carbons (Fsp3) is 0.222. The van der Waals surface area contributed by atoms with Crippen LogP contribution < -0.4 is 4.74 Å². The van der Waals surface area contributed by atoms with Crippen LogP contribution in [0.3, 0.4) is 0 Å². The van der Waals surface area contributed by atoms with Crippen LogP contribution in [0.1, 0.15) is 10.4 Å². The number of carbonyl (C=O) groups excluding carboxylic acids is 1. The SMILES string of the molecule is O=C(CBr)c1ccc(OC(F)(F)F)cc1[N+](=O)[O-]. The molecular weight excluding hydrogens is 323 g/mol. The van der Waals surface area contributed by atoms with Gasteiger partial charge in [-0.15, -0.1) is 13.2 Å². The Bertz CT molecular complexity index is 489. The second kappa shape index (κ2) is 5.34. The highest BCUT2D eigenvalue weighted by Gasteiger charge is 2.32. The minimum Gasteiger partial charge on any atom is -0.406 e. The average Bonchev–Trinajstić information content (AvgIpc) is 2.25. The molecule has 0 bridgehead atoms. The Labute approximate surface area is 107 Å². The summed E-state index contributed by atoms with van der Waals surface area (Å²) < 4.78 is 39.3. The van der Waals surface area contributed by atoms with Crippen LogP contribution in [0.15, 0.2) is 18.2 Å². The van der Waals surface area contributed by atoms with E-state index in [1.54, 1.807) is 0 Å². The number of nitro benzene ring substituents is 1. The van der Waals surface area contributed by atoms with Crippen molar-refractivity contribution in [1.82, 2.24) is 0 Å². The Kier molecular flexibility index (Phi) is 4.28. The van der Waals surface area contributed by atoms with Gasteiger partial charge in [-0.2, -0.15) is 0 Å². The summed E-state index contributed by atoms with van der Waals surface area (Å²) in [7, 11) is 0. The Balaban J connectivity index is 3.19. The third-order valence-electron chi connectivity index (χ3n) is 1.82. The molecule has 0 fully saturated rings. The van der Waals surface area contributed by atoms with Crippen molar-refractivity contribution in [2.45, 2.75) is 6.36 Å². The monoisotopic (exact) mass is 327 g/mol. The van der Waals surface area contributed by atoms with Crippen LogP contribution in [0, 0.1) is 10.1 Å². The van der Waals surface area contributed by atoms with Gasteiger partial charge in [0.1, 0.15) is 5.75 Å². The summed E-state index contributed by atoms with van der Waals surface area (Å²) in [6, 6.07) is 2.32. The van der Waals surface area contributed by atoms with Gasteiger partial charge in [0.2, 0.25) is 0 Å². The number of hydrogen-bond donors (Lipinski definition) is 0. The lowest BCUT2D eigenvalue weighted by molar-refractivity contribution is -0.385. The van der Waals surface area contributed by atoms with E-state index in [1.165, 1.54) is 0 Å². The number of ether oxygens (including phenoxy) is 1. The number of carbonyl (C=O) groups is 1. The van der Waals surface area contributed by atoms with E-state index in [4.69, 9.17) is 0 Å². The number of nitrogens with zero attached hydrogens (tertiary/aromatic N) is 1. The molecule has 0 heterocycles. The fourth-order valence-corrected chi connectivity index (χ4v) is 1.47. The van der Waals surface area contributed by atoms with Crippen molar-refractivity contribution in [3.05, 3.63) is 33.9 Å². The zero-order valence-electron chi connectivity index (χ0n) is 8.53. The van der Waals surface area contributed by atoms with Gasteiger partial charge in [-0.1, -0.05) is 15.9 Å². The molecule has 0 aliphatic carbocycles. The van der Waals surface area contributed by atoms with Crippen LogP contribution >= 0.6 is 15.9 Å². The van der Waals surface area contributed by atoms with Crippen molar-refractivity contribution < 1.29 is 27.6 Å². The van der Waals surface area contributed by atoms with E-state index in [2.05, 4.69) is 20.7 Å². The molecule has 0 aliphatic rings. The third kappa shape index (κ3) is 3.69. The highest BCUT2D eigenvalue weighted by molar-refractivity contribution is 9.09. The molecule has 0 saturated heterocycles. The highest BCUT2D eigenvalue weighted by atomic mass is 79.9. The number of halogens is 4. The largest absolute Gasteiger partial charge is 0.573 e. The number of benzene rings is 1. The predicted molar refractivity (Wildman–Crippen MR) is 57.9 cm³/mol. The van der Waals surface area contributed by atoms with Crippen LogP contribution in [0.5, 0.6) is 5.75 Å². The van der Waals surface area contributed by atoms with E-state index in [-0.39, 0.29) is 10.9 Å². The first-order chi connectivity index (χ1) is 8.24. The molecule has 0 spiro atoms. The van der Waals surface area contributed by atoms with Gasteiger partial charge >= 0.3 is 6.36 Å². The maximum Gasteiger partial charge on any atom is 0.573 e. The highest BCUT2D eigenvalue weighted by Crippen LogP contribution is 2.29. The lowest BCUT2D eigenvalue weighted by Gasteiger charge is -2.09. The molecule has 0 aromatic heterocycles. The lowest BCUT2D eigenvalue weighted by Crippen LogP contribution is -2.17. The minimum absolute atomic E-state index is 0.173. The van der Waals surface area contributed by atoms with Crippen molar-refractivity contribution in [3.8, 4) is 5.75 Å². The Morgan fingerprint density at radius 3 is 2.50 bits per heavy atom. The molecule has 1 rings (SSSR count). The number of ketones is 1. The van der Waals surface area contributed by atoms with Gasteiger partial charge in [-0.3, -0.25) is 14.9 Å². The molecule has 98 valence electrons. The van der Waals surface area contributed by atoms with Crippen LogP contribution in [-0.4, -0.2) is 22.4 Å². The summed E-state index contributed by atoms with van der Waals surface area (Å²) in [6.45, 7) is 0. The molecule has 0 N–H and O–H groups in total. The summed E-state index contributed by atoms with van der Waals surface area (Å²) in [4.78, 5) is 21.0.